The molecule has 2 amide bonds. The predicted octanol–water partition coefficient (Wildman–Crippen LogP) is 3.97. The van der Waals surface area contributed by atoms with Crippen molar-refractivity contribution in [1.82, 2.24) is 35.5 Å². The quantitative estimate of drug-likeness (QED) is 0.275. The predicted molar refractivity (Wildman–Crippen MR) is 164 cm³/mol. The van der Waals surface area contributed by atoms with Crippen molar-refractivity contribution in [2.24, 2.45) is 4.99 Å². The van der Waals surface area contributed by atoms with Crippen molar-refractivity contribution in [1.29, 1.82) is 0 Å². The zero-order valence-electron chi connectivity index (χ0n) is 25.5. The number of hydrogen-bond donors (Lipinski definition) is 3. The highest BCUT2D eigenvalue weighted by Gasteiger charge is 2.46. The molecule has 1 unspecified atom stereocenters. The molecule has 1 aromatic carbocycles. The molecule has 0 radical (unpaired) electrons. The summed E-state index contributed by atoms with van der Waals surface area (Å²) in [5, 5.41) is 9.34. The van der Waals surface area contributed by atoms with E-state index in [1.807, 2.05) is 30.3 Å². The topological polar surface area (TPSA) is 148 Å². The fourth-order valence-corrected chi connectivity index (χ4v) is 5.58. The minimum Gasteiger partial charge on any atom is -0.469 e. The van der Waals surface area contributed by atoms with Crippen LogP contribution in [0.1, 0.15) is 42.4 Å². The molecule has 0 bridgehead atoms. The number of aromatic nitrogens is 4. The zero-order chi connectivity index (χ0) is 32.9. The molecule has 1 aliphatic carbocycles. The highest BCUT2D eigenvalue weighted by Crippen LogP contribution is 2.37. The number of carbonyl (C=O) groups excluding carboxylic acids is 1. The largest absolute Gasteiger partial charge is 0.469 e. The number of nitrogens with zero attached hydrogens (tertiary/aromatic N) is 6. The van der Waals surface area contributed by atoms with Gasteiger partial charge >= 0.3 is 18.2 Å². The first-order chi connectivity index (χ1) is 22.7. The van der Waals surface area contributed by atoms with E-state index < -0.39 is 29.7 Å². The molecule has 3 N–H and O–H groups in total. The van der Waals surface area contributed by atoms with Crippen molar-refractivity contribution < 1.29 is 32.2 Å². The van der Waals surface area contributed by atoms with Crippen LogP contribution in [0.15, 0.2) is 66.4 Å². The molecule has 13 nitrogen and oxygen atoms in total. The average molecular weight is 654 g/mol. The van der Waals surface area contributed by atoms with E-state index in [2.05, 4.69) is 40.9 Å². The summed E-state index contributed by atoms with van der Waals surface area (Å²) in [6.07, 6.45) is 5.82. The maximum absolute atomic E-state index is 13.9. The first-order valence-corrected chi connectivity index (χ1v) is 15.1. The van der Waals surface area contributed by atoms with Gasteiger partial charge in [0.15, 0.2) is 0 Å². The smallest absolute Gasteiger partial charge is 0.423 e. The molecule has 1 saturated carbocycles. The number of anilines is 1. The number of benzene rings is 1. The summed E-state index contributed by atoms with van der Waals surface area (Å²) < 4.78 is 57.1. The van der Waals surface area contributed by atoms with E-state index in [0.717, 1.165) is 17.3 Å². The minimum atomic E-state index is -4.67. The minimum absolute atomic E-state index is 0.0311. The Morgan fingerprint density at radius 2 is 1.85 bits per heavy atom. The van der Waals surface area contributed by atoms with Gasteiger partial charge in [-0.15, -0.1) is 0 Å². The number of alkyl halides is 3. The lowest BCUT2D eigenvalue weighted by atomic mass is 9.90. The summed E-state index contributed by atoms with van der Waals surface area (Å²) >= 11 is 0. The number of methoxy groups -OCH3 is 1. The third-order valence-electron chi connectivity index (χ3n) is 8.14. The Kier molecular flexibility index (Phi) is 9.49. The summed E-state index contributed by atoms with van der Waals surface area (Å²) in [4.78, 5) is 36.3. The van der Waals surface area contributed by atoms with Gasteiger partial charge in [0.2, 0.25) is 11.8 Å². The Balaban J connectivity index is 1.17. The average Bonchev–Trinajstić information content (AvgIpc) is 3.07. The number of amides is 2. The number of nitrogens with one attached hydrogen (secondary N) is 3. The summed E-state index contributed by atoms with van der Waals surface area (Å²) in [5.41, 5.74) is 1.33. The second-order valence-corrected chi connectivity index (χ2v) is 11.3. The van der Waals surface area contributed by atoms with Crippen molar-refractivity contribution in [3.8, 4) is 5.88 Å². The van der Waals surface area contributed by atoms with Crippen LogP contribution in [0.2, 0.25) is 0 Å². The van der Waals surface area contributed by atoms with E-state index in [0.29, 0.717) is 37.8 Å². The lowest BCUT2D eigenvalue weighted by Crippen LogP contribution is -2.66. The highest BCUT2D eigenvalue weighted by molar-refractivity contribution is 6.10. The van der Waals surface area contributed by atoms with Crippen LogP contribution in [0.25, 0.3) is 5.57 Å². The van der Waals surface area contributed by atoms with Gasteiger partial charge in [-0.05, 0) is 31.2 Å². The molecule has 3 aromatic rings. The fourth-order valence-electron chi connectivity index (χ4n) is 5.58. The maximum Gasteiger partial charge on any atom is 0.423 e. The van der Waals surface area contributed by atoms with E-state index in [4.69, 9.17) is 14.2 Å². The SMILES string of the molecule is COC1(N(C(=O)NCc2ccccc2)[C@H]2CC[C@H](Nc3ncc(C(F)(F)F)c(OC4COC4)n3)CC2)N=CC(c2cncnc2)=CN1. The van der Waals surface area contributed by atoms with Crippen LogP contribution in [-0.4, -0.2) is 81.6 Å². The van der Waals surface area contributed by atoms with Crippen molar-refractivity contribution in [3.63, 3.8) is 0 Å². The van der Waals surface area contributed by atoms with Gasteiger partial charge in [-0.25, -0.2) is 24.7 Å². The molecule has 1 atom stereocenters. The number of allylic oxidation sites excluding steroid dienone is 1. The van der Waals surface area contributed by atoms with Gasteiger partial charge in [-0.3, -0.25) is 4.90 Å². The molecule has 2 fully saturated rings. The third kappa shape index (κ3) is 7.44. The van der Waals surface area contributed by atoms with Crippen molar-refractivity contribution in [2.75, 3.05) is 25.6 Å². The number of urea groups is 1. The number of carbonyl (C=O) groups is 1. The van der Waals surface area contributed by atoms with Crippen LogP contribution < -0.4 is 20.7 Å². The monoisotopic (exact) mass is 653 g/mol. The number of aliphatic imine (C=N–C) groups is 1. The molecular weight excluding hydrogens is 619 g/mol. The Morgan fingerprint density at radius 1 is 1.11 bits per heavy atom. The molecule has 2 aromatic heterocycles. The summed E-state index contributed by atoms with van der Waals surface area (Å²) in [6.45, 7) is 0.688. The van der Waals surface area contributed by atoms with Gasteiger partial charge < -0.3 is 30.2 Å². The van der Waals surface area contributed by atoms with Crippen LogP contribution in [0.5, 0.6) is 5.88 Å². The van der Waals surface area contributed by atoms with Crippen LogP contribution in [0.3, 0.4) is 0 Å². The standard InChI is InChI=1S/C31H34F3N9O4/c1-45-31(39-14-22(15-40-31)21-12-35-19-36-13-21)43(29(44)38-11-20-5-3-2-4-6-20)24-9-7-23(8-10-24)41-28-37-16-26(30(32,33)34)27(42-28)47-25-17-46-18-25/h2-6,12-16,19,23-25,39H,7-11,17-18H2,1H3,(H,38,44)(H,37,41,42)/t23-,24-,31?. The lowest BCUT2D eigenvalue weighted by Gasteiger charge is -2.46. The molecule has 0 spiro atoms. The highest BCUT2D eigenvalue weighted by atomic mass is 19.4. The Morgan fingerprint density at radius 3 is 2.47 bits per heavy atom. The molecule has 2 aliphatic heterocycles. The van der Waals surface area contributed by atoms with Crippen LogP contribution in [-0.2, 0) is 22.2 Å². The van der Waals surface area contributed by atoms with E-state index in [1.165, 1.54) is 13.4 Å². The number of rotatable bonds is 10. The van der Waals surface area contributed by atoms with E-state index in [9.17, 15) is 18.0 Å². The van der Waals surface area contributed by atoms with E-state index in [-0.39, 0.29) is 37.3 Å². The number of ether oxygens (including phenoxy) is 3. The molecule has 4 heterocycles. The Hall–Kier alpha value is -4.83. The first kappa shape index (κ1) is 32.1. The molecule has 3 aliphatic rings. The Labute approximate surface area is 268 Å². The lowest BCUT2D eigenvalue weighted by molar-refractivity contribution is -0.143. The van der Waals surface area contributed by atoms with Crippen LogP contribution in [0.4, 0.5) is 23.9 Å². The van der Waals surface area contributed by atoms with E-state index >= 15 is 0 Å². The molecule has 6 rings (SSSR count). The van der Waals surface area contributed by atoms with Gasteiger partial charge in [0.05, 0.1) is 13.2 Å². The van der Waals surface area contributed by atoms with Crippen LogP contribution in [0, 0.1) is 0 Å². The van der Waals surface area contributed by atoms with Gasteiger partial charge in [0.1, 0.15) is 18.0 Å². The van der Waals surface area contributed by atoms with Crippen molar-refractivity contribution >= 4 is 23.8 Å². The fraction of sp³-hybridized carbons (Fsp3) is 0.419. The number of hydrogen-bond acceptors (Lipinski definition) is 11. The van der Waals surface area contributed by atoms with Gasteiger partial charge in [-0.2, -0.15) is 18.2 Å². The summed E-state index contributed by atoms with van der Waals surface area (Å²) in [6, 6.07) is 8.67. The van der Waals surface area contributed by atoms with Crippen molar-refractivity contribution in [3.05, 3.63) is 78.1 Å². The molecule has 16 heteroatoms. The van der Waals surface area contributed by atoms with Crippen molar-refractivity contribution in [2.45, 2.75) is 62.6 Å². The maximum atomic E-state index is 13.9. The second-order valence-electron chi connectivity index (χ2n) is 11.3. The first-order valence-electron chi connectivity index (χ1n) is 15.1. The molecule has 248 valence electrons. The summed E-state index contributed by atoms with van der Waals surface area (Å²) in [7, 11) is 1.47. The zero-order valence-corrected chi connectivity index (χ0v) is 25.5. The van der Waals surface area contributed by atoms with Gasteiger partial charge in [0, 0.05) is 67.9 Å². The normalized spacial score (nSPS) is 22.8. The molecule has 1 saturated heterocycles. The Bertz CT molecular complexity index is 1580. The summed E-state index contributed by atoms with van der Waals surface area (Å²) in [5.74, 6) is -2.04. The second kappa shape index (κ2) is 13.9. The van der Waals surface area contributed by atoms with Crippen LogP contribution >= 0.6 is 0 Å². The van der Waals surface area contributed by atoms with Gasteiger partial charge in [0.25, 0.3) is 0 Å². The molecule has 47 heavy (non-hydrogen) atoms. The third-order valence-corrected chi connectivity index (χ3v) is 8.14. The van der Waals surface area contributed by atoms with E-state index in [1.54, 1.807) is 29.7 Å². The number of halogens is 3. The van der Waals surface area contributed by atoms with Gasteiger partial charge in [-0.1, -0.05) is 30.3 Å². The molecular formula is C31H34F3N9O4.